The van der Waals surface area contributed by atoms with Crippen molar-refractivity contribution in [2.24, 2.45) is 5.92 Å². The van der Waals surface area contributed by atoms with Crippen molar-refractivity contribution >= 4 is 10.9 Å². The van der Waals surface area contributed by atoms with E-state index < -0.39 is 0 Å². The van der Waals surface area contributed by atoms with Crippen LogP contribution in [0.5, 0.6) is 0 Å². The topological polar surface area (TPSA) is 27.8 Å². The van der Waals surface area contributed by atoms with Crippen LogP contribution >= 0.6 is 0 Å². The van der Waals surface area contributed by atoms with Crippen molar-refractivity contribution in [3.63, 3.8) is 0 Å². The van der Waals surface area contributed by atoms with Gasteiger partial charge in [-0.2, -0.15) is 0 Å². The summed E-state index contributed by atoms with van der Waals surface area (Å²) in [6, 6.07) is 6.71. The summed E-state index contributed by atoms with van der Waals surface area (Å²) in [5, 5.41) is 4.84. The molecule has 0 amide bonds. The van der Waals surface area contributed by atoms with Crippen molar-refractivity contribution < 1.29 is 0 Å². The van der Waals surface area contributed by atoms with Gasteiger partial charge in [0.2, 0.25) is 0 Å². The number of rotatable bonds is 2. The summed E-state index contributed by atoms with van der Waals surface area (Å²) in [6.07, 6.45) is 6.06. The number of benzene rings is 1. The molecule has 0 radical (unpaired) electrons. The van der Waals surface area contributed by atoms with E-state index in [1.54, 1.807) is 0 Å². The molecule has 17 heavy (non-hydrogen) atoms. The molecule has 0 unspecified atom stereocenters. The van der Waals surface area contributed by atoms with E-state index in [1.807, 2.05) is 0 Å². The fraction of sp³-hybridized carbons (Fsp3) is 0.467. The summed E-state index contributed by atoms with van der Waals surface area (Å²) in [7, 11) is 0. The Morgan fingerprint density at radius 2 is 2.06 bits per heavy atom. The minimum atomic E-state index is 0.858. The van der Waals surface area contributed by atoms with E-state index in [-0.39, 0.29) is 0 Å². The van der Waals surface area contributed by atoms with E-state index in [4.69, 9.17) is 0 Å². The van der Waals surface area contributed by atoms with E-state index in [0.29, 0.717) is 0 Å². The third-order valence-corrected chi connectivity index (χ3v) is 3.89. The lowest BCUT2D eigenvalue weighted by Gasteiger charge is -2.22. The van der Waals surface area contributed by atoms with Crippen molar-refractivity contribution in [1.82, 2.24) is 10.3 Å². The third kappa shape index (κ3) is 2.22. The van der Waals surface area contributed by atoms with Crippen LogP contribution in [-0.4, -0.2) is 18.1 Å². The smallest absolute Gasteiger partial charge is 0.0459 e. The van der Waals surface area contributed by atoms with E-state index in [0.717, 1.165) is 5.92 Å². The Labute approximate surface area is 102 Å². The third-order valence-electron chi connectivity index (χ3n) is 3.89. The molecule has 0 saturated carbocycles. The van der Waals surface area contributed by atoms with Gasteiger partial charge in [-0.25, -0.2) is 0 Å². The van der Waals surface area contributed by atoms with Crippen molar-refractivity contribution in [3.8, 4) is 0 Å². The predicted octanol–water partition coefficient (Wildman–Crippen LogP) is 3.02. The van der Waals surface area contributed by atoms with E-state index in [9.17, 15) is 0 Å². The molecule has 0 bridgehead atoms. The minimum Gasteiger partial charge on any atom is -0.361 e. The monoisotopic (exact) mass is 228 g/mol. The molecule has 0 spiro atoms. The highest BCUT2D eigenvalue weighted by atomic mass is 14.9. The highest BCUT2D eigenvalue weighted by Gasteiger charge is 2.15. The summed E-state index contributed by atoms with van der Waals surface area (Å²) in [4.78, 5) is 3.40. The zero-order valence-corrected chi connectivity index (χ0v) is 10.4. The molecule has 1 aromatic carbocycles. The normalized spacial score (nSPS) is 17.7. The first-order valence-electron chi connectivity index (χ1n) is 6.60. The SMILES string of the molecule is Cc1ccc2c(CC3CCNCC3)c[nH]c2c1. The minimum absolute atomic E-state index is 0.858. The Kier molecular flexibility index (Phi) is 2.89. The molecule has 1 aliphatic heterocycles. The van der Waals surface area contributed by atoms with Gasteiger partial charge >= 0.3 is 0 Å². The van der Waals surface area contributed by atoms with Crippen LogP contribution < -0.4 is 5.32 Å². The van der Waals surface area contributed by atoms with E-state index in [2.05, 4.69) is 41.6 Å². The summed E-state index contributed by atoms with van der Waals surface area (Å²) in [6.45, 7) is 4.52. The van der Waals surface area contributed by atoms with Gasteiger partial charge in [0.15, 0.2) is 0 Å². The average Bonchev–Trinajstić information content (AvgIpc) is 2.73. The van der Waals surface area contributed by atoms with E-state index >= 15 is 0 Å². The van der Waals surface area contributed by atoms with Gasteiger partial charge in [-0.3, -0.25) is 0 Å². The summed E-state index contributed by atoms with van der Waals surface area (Å²) in [5.41, 5.74) is 4.11. The molecule has 1 saturated heterocycles. The number of aryl methyl sites for hydroxylation is 1. The highest BCUT2D eigenvalue weighted by molar-refractivity contribution is 5.83. The molecule has 1 fully saturated rings. The van der Waals surface area contributed by atoms with Gasteiger partial charge in [-0.1, -0.05) is 12.1 Å². The lowest BCUT2D eigenvalue weighted by molar-refractivity contribution is 0.373. The molecule has 1 aliphatic rings. The number of fused-ring (bicyclic) bond motifs is 1. The predicted molar refractivity (Wildman–Crippen MR) is 72.3 cm³/mol. The van der Waals surface area contributed by atoms with Gasteiger partial charge in [0.25, 0.3) is 0 Å². The lowest BCUT2D eigenvalue weighted by Crippen LogP contribution is -2.28. The largest absolute Gasteiger partial charge is 0.361 e. The van der Waals surface area contributed by atoms with E-state index in [1.165, 1.54) is 54.4 Å². The second kappa shape index (κ2) is 4.53. The standard InChI is InChI=1S/C15H20N2/c1-11-2-3-14-13(10-17-15(14)8-11)9-12-4-6-16-7-5-12/h2-3,8,10,12,16-17H,4-7,9H2,1H3. The summed E-state index contributed by atoms with van der Waals surface area (Å²) >= 11 is 0. The average molecular weight is 228 g/mol. The van der Waals surface area contributed by atoms with Crippen LogP contribution in [0, 0.1) is 12.8 Å². The zero-order chi connectivity index (χ0) is 11.7. The van der Waals surface area contributed by atoms with Gasteiger partial charge in [0, 0.05) is 17.1 Å². The fourth-order valence-corrected chi connectivity index (χ4v) is 2.87. The first-order chi connectivity index (χ1) is 8.33. The van der Waals surface area contributed by atoms with Gasteiger partial charge in [0.05, 0.1) is 0 Å². The van der Waals surface area contributed by atoms with Crippen LogP contribution in [0.15, 0.2) is 24.4 Å². The number of aromatic nitrogens is 1. The number of hydrogen-bond donors (Lipinski definition) is 2. The second-order valence-electron chi connectivity index (χ2n) is 5.26. The lowest BCUT2D eigenvalue weighted by atomic mass is 9.91. The first kappa shape index (κ1) is 10.8. The Bertz CT molecular complexity index is 507. The fourth-order valence-electron chi connectivity index (χ4n) is 2.87. The molecule has 2 heteroatoms. The molecule has 90 valence electrons. The summed E-state index contributed by atoms with van der Waals surface area (Å²) in [5.74, 6) is 0.858. The molecular formula is C15H20N2. The first-order valence-corrected chi connectivity index (χ1v) is 6.60. The molecule has 1 aromatic heterocycles. The molecule has 2 N–H and O–H groups in total. The molecule has 2 aromatic rings. The second-order valence-corrected chi connectivity index (χ2v) is 5.26. The Hall–Kier alpha value is -1.28. The van der Waals surface area contributed by atoms with Crippen molar-refractivity contribution in [2.75, 3.05) is 13.1 Å². The number of aromatic amines is 1. The molecule has 0 atom stereocenters. The Morgan fingerprint density at radius 1 is 1.24 bits per heavy atom. The molecule has 3 rings (SSSR count). The maximum absolute atomic E-state index is 3.43. The van der Waals surface area contributed by atoms with Crippen LogP contribution in [0.4, 0.5) is 0 Å². The molecular weight excluding hydrogens is 208 g/mol. The van der Waals surface area contributed by atoms with Crippen LogP contribution in [0.2, 0.25) is 0 Å². The summed E-state index contributed by atoms with van der Waals surface area (Å²) < 4.78 is 0. The quantitative estimate of drug-likeness (QED) is 0.812. The number of H-pyrrole nitrogens is 1. The van der Waals surface area contributed by atoms with Crippen LogP contribution in [0.1, 0.15) is 24.0 Å². The van der Waals surface area contributed by atoms with Gasteiger partial charge in [0.1, 0.15) is 0 Å². The highest BCUT2D eigenvalue weighted by Crippen LogP contribution is 2.25. The Balaban J connectivity index is 1.84. The van der Waals surface area contributed by atoms with Gasteiger partial charge in [-0.05, 0) is 62.4 Å². The van der Waals surface area contributed by atoms with Crippen LogP contribution in [0.25, 0.3) is 10.9 Å². The van der Waals surface area contributed by atoms with Gasteiger partial charge < -0.3 is 10.3 Å². The van der Waals surface area contributed by atoms with Crippen molar-refractivity contribution in [2.45, 2.75) is 26.2 Å². The number of hydrogen-bond acceptors (Lipinski definition) is 1. The van der Waals surface area contributed by atoms with Crippen LogP contribution in [-0.2, 0) is 6.42 Å². The molecule has 2 heterocycles. The number of piperidine rings is 1. The zero-order valence-electron chi connectivity index (χ0n) is 10.4. The Morgan fingerprint density at radius 3 is 2.88 bits per heavy atom. The maximum atomic E-state index is 3.43. The van der Waals surface area contributed by atoms with Crippen molar-refractivity contribution in [3.05, 3.63) is 35.5 Å². The van der Waals surface area contributed by atoms with Gasteiger partial charge in [-0.15, -0.1) is 0 Å². The number of nitrogens with one attached hydrogen (secondary N) is 2. The molecule has 0 aliphatic carbocycles. The van der Waals surface area contributed by atoms with Crippen LogP contribution in [0.3, 0.4) is 0 Å². The maximum Gasteiger partial charge on any atom is 0.0459 e. The molecule has 2 nitrogen and oxygen atoms in total. The van der Waals surface area contributed by atoms with Crippen molar-refractivity contribution in [1.29, 1.82) is 0 Å².